The molecule has 1 amide bonds. The number of alkyl halides is 1. The monoisotopic (exact) mass is 450 g/mol. The summed E-state index contributed by atoms with van der Waals surface area (Å²) in [6, 6.07) is 11.8. The van der Waals surface area contributed by atoms with Crippen LogP contribution in [0.5, 0.6) is 0 Å². The molecule has 0 bridgehead atoms. The molecule has 0 spiro atoms. The largest absolute Gasteiger partial charge is 0.321 e. The average molecular weight is 452 g/mol. The topological polar surface area (TPSA) is 52.9 Å². The number of benzene rings is 2. The van der Waals surface area contributed by atoms with Gasteiger partial charge in [0, 0.05) is 5.02 Å². The van der Waals surface area contributed by atoms with E-state index in [-0.39, 0.29) is 16.3 Å². The van der Waals surface area contributed by atoms with Gasteiger partial charge in [-0.05, 0) is 47.6 Å². The fraction of sp³-hybridized carbons (Fsp3) is 0.0476. The molecule has 2 aromatic rings. The van der Waals surface area contributed by atoms with Gasteiger partial charge >= 0.3 is 0 Å². The summed E-state index contributed by atoms with van der Waals surface area (Å²) in [5, 5.41) is 11.7. The van der Waals surface area contributed by atoms with Crippen molar-refractivity contribution in [3.8, 4) is 6.07 Å². The number of nitrogens with zero attached hydrogens (tertiary/aromatic N) is 1. The Labute approximate surface area is 180 Å². The minimum absolute atomic E-state index is 0.0590. The summed E-state index contributed by atoms with van der Waals surface area (Å²) in [5.74, 6) is -3.01. The van der Waals surface area contributed by atoms with Crippen LogP contribution in [0.2, 0.25) is 5.02 Å². The van der Waals surface area contributed by atoms with Gasteiger partial charge in [-0.3, -0.25) is 4.79 Å². The normalized spacial score (nSPS) is 17.7. The highest BCUT2D eigenvalue weighted by atomic mass is 35.5. The van der Waals surface area contributed by atoms with E-state index in [9.17, 15) is 18.8 Å². The zero-order chi connectivity index (χ0) is 21.1. The third-order valence-electron chi connectivity index (χ3n) is 4.12. The summed E-state index contributed by atoms with van der Waals surface area (Å²) in [6.45, 7) is 0. The Kier molecular flexibility index (Phi) is 6.39. The van der Waals surface area contributed by atoms with Crippen LogP contribution in [0.1, 0.15) is 15.9 Å². The van der Waals surface area contributed by atoms with Crippen LogP contribution < -0.4 is 5.32 Å². The summed E-state index contributed by atoms with van der Waals surface area (Å²) in [7, 11) is 0. The fourth-order valence-corrected chi connectivity index (χ4v) is 3.38. The molecule has 1 unspecified atom stereocenters. The molecular formula is C21H11Cl3F2N2O. The standard InChI is InChI=1S/C21H11Cl3F2N2O/c22-12-6-4-11(5-7-12)14(10-27)13-8-16(24)19(9-15(13)23)28-21(29)20-17(25)2-1-3-18(20)26/h1-9,15H,(H,28,29). The summed E-state index contributed by atoms with van der Waals surface area (Å²) >= 11 is 18.5. The molecule has 1 aliphatic carbocycles. The quantitative estimate of drug-likeness (QED) is 0.463. The molecule has 1 N–H and O–H groups in total. The van der Waals surface area contributed by atoms with E-state index in [0.717, 1.165) is 18.2 Å². The number of hydrogen-bond donors (Lipinski definition) is 1. The first-order valence-electron chi connectivity index (χ1n) is 8.21. The molecule has 2 aromatic carbocycles. The Morgan fingerprint density at radius 3 is 2.28 bits per heavy atom. The second kappa shape index (κ2) is 8.79. The van der Waals surface area contributed by atoms with Crippen LogP contribution in [0.3, 0.4) is 0 Å². The highest BCUT2D eigenvalue weighted by Gasteiger charge is 2.24. The van der Waals surface area contributed by atoms with Crippen molar-refractivity contribution in [2.75, 3.05) is 0 Å². The highest BCUT2D eigenvalue weighted by Crippen LogP contribution is 2.33. The third kappa shape index (κ3) is 4.51. The molecule has 0 aromatic heterocycles. The number of nitriles is 1. The smallest absolute Gasteiger partial charge is 0.261 e. The number of halogens is 5. The number of allylic oxidation sites excluding steroid dienone is 5. The highest BCUT2D eigenvalue weighted by molar-refractivity contribution is 6.34. The first kappa shape index (κ1) is 21.1. The molecule has 8 heteroatoms. The molecule has 3 rings (SSSR count). The molecule has 1 aliphatic rings. The van der Waals surface area contributed by atoms with Crippen molar-refractivity contribution in [2.45, 2.75) is 5.38 Å². The zero-order valence-electron chi connectivity index (χ0n) is 14.5. The van der Waals surface area contributed by atoms with Crippen LogP contribution in [0, 0.1) is 23.0 Å². The Bertz CT molecular complexity index is 1100. The maximum Gasteiger partial charge on any atom is 0.261 e. The number of nitrogens with one attached hydrogen (secondary N) is 1. The maximum atomic E-state index is 13.8. The molecular weight excluding hydrogens is 441 g/mol. The maximum absolute atomic E-state index is 13.8. The average Bonchev–Trinajstić information content (AvgIpc) is 2.67. The van der Waals surface area contributed by atoms with E-state index >= 15 is 0 Å². The molecule has 0 heterocycles. The molecule has 0 fully saturated rings. The van der Waals surface area contributed by atoms with Crippen molar-refractivity contribution in [3.05, 3.63) is 98.7 Å². The van der Waals surface area contributed by atoms with Gasteiger partial charge in [-0.1, -0.05) is 41.4 Å². The third-order valence-corrected chi connectivity index (χ3v) is 5.05. The molecule has 3 nitrogen and oxygen atoms in total. The predicted octanol–water partition coefficient (Wildman–Crippen LogP) is 5.95. The molecule has 146 valence electrons. The van der Waals surface area contributed by atoms with E-state index in [2.05, 4.69) is 11.4 Å². The molecule has 0 radical (unpaired) electrons. The lowest BCUT2D eigenvalue weighted by Crippen LogP contribution is -2.27. The van der Waals surface area contributed by atoms with Gasteiger partial charge in [0.15, 0.2) is 0 Å². The van der Waals surface area contributed by atoms with Gasteiger partial charge in [-0.2, -0.15) is 5.26 Å². The molecule has 29 heavy (non-hydrogen) atoms. The van der Waals surface area contributed by atoms with Crippen molar-refractivity contribution in [1.29, 1.82) is 5.26 Å². The summed E-state index contributed by atoms with van der Waals surface area (Å²) in [5.41, 5.74) is 0.631. The van der Waals surface area contributed by atoms with E-state index in [4.69, 9.17) is 34.8 Å². The zero-order valence-corrected chi connectivity index (χ0v) is 16.8. The Morgan fingerprint density at radius 2 is 1.69 bits per heavy atom. The second-order valence-corrected chi connectivity index (χ2v) is 7.29. The first-order valence-corrected chi connectivity index (χ1v) is 9.40. The van der Waals surface area contributed by atoms with Crippen molar-refractivity contribution in [2.24, 2.45) is 0 Å². The molecule has 0 saturated carbocycles. The molecule has 0 saturated heterocycles. The lowest BCUT2D eigenvalue weighted by molar-refractivity contribution is 0.0958. The molecule has 1 atom stereocenters. The van der Waals surface area contributed by atoms with E-state index in [1.165, 1.54) is 12.2 Å². The first-order chi connectivity index (χ1) is 13.8. The number of carbonyl (C=O) groups is 1. The minimum Gasteiger partial charge on any atom is -0.321 e. The van der Waals surface area contributed by atoms with Crippen molar-refractivity contribution >= 4 is 46.3 Å². The number of amides is 1. The van der Waals surface area contributed by atoms with Crippen LogP contribution in [0.4, 0.5) is 8.78 Å². The number of carbonyl (C=O) groups excluding carboxylic acids is 1. The van der Waals surface area contributed by atoms with Crippen LogP contribution >= 0.6 is 34.8 Å². The lowest BCUT2D eigenvalue weighted by atomic mass is 9.95. The lowest BCUT2D eigenvalue weighted by Gasteiger charge is -2.20. The van der Waals surface area contributed by atoms with E-state index in [1.807, 2.05) is 0 Å². The van der Waals surface area contributed by atoms with E-state index in [1.54, 1.807) is 24.3 Å². The van der Waals surface area contributed by atoms with Crippen LogP contribution in [0.25, 0.3) is 5.57 Å². The van der Waals surface area contributed by atoms with E-state index < -0.39 is 28.5 Å². The van der Waals surface area contributed by atoms with E-state index in [0.29, 0.717) is 16.2 Å². The van der Waals surface area contributed by atoms with Crippen LogP contribution in [-0.4, -0.2) is 11.3 Å². The van der Waals surface area contributed by atoms with Gasteiger partial charge in [-0.25, -0.2) is 8.78 Å². The summed E-state index contributed by atoms with van der Waals surface area (Å²) in [6.07, 6.45) is 2.82. The fourth-order valence-electron chi connectivity index (χ4n) is 2.73. The predicted molar refractivity (Wildman–Crippen MR) is 109 cm³/mol. The molecule has 0 aliphatic heterocycles. The van der Waals surface area contributed by atoms with Crippen LogP contribution in [-0.2, 0) is 0 Å². The van der Waals surface area contributed by atoms with Gasteiger partial charge in [0.1, 0.15) is 23.3 Å². The van der Waals surface area contributed by atoms with Crippen molar-refractivity contribution in [1.82, 2.24) is 5.32 Å². The van der Waals surface area contributed by atoms with Gasteiger partial charge in [-0.15, -0.1) is 11.6 Å². The number of rotatable bonds is 3. The number of hydrogen-bond acceptors (Lipinski definition) is 2. The Morgan fingerprint density at radius 1 is 1.07 bits per heavy atom. The minimum atomic E-state index is -1.01. The Hall–Kier alpha value is -2.65. The van der Waals surface area contributed by atoms with Gasteiger partial charge in [0.05, 0.1) is 21.7 Å². The van der Waals surface area contributed by atoms with Crippen molar-refractivity contribution in [3.63, 3.8) is 0 Å². The Balaban J connectivity index is 1.93. The SMILES string of the molecule is N#CC(=C1C=C(Cl)C(NC(=O)c2c(F)cccc2F)=CC1Cl)c1ccc(Cl)cc1. The summed E-state index contributed by atoms with van der Waals surface area (Å²) < 4.78 is 27.6. The van der Waals surface area contributed by atoms with Gasteiger partial charge < -0.3 is 5.32 Å². The van der Waals surface area contributed by atoms with Crippen molar-refractivity contribution < 1.29 is 13.6 Å². The second-order valence-electron chi connectivity index (χ2n) is 5.97. The van der Waals surface area contributed by atoms with Gasteiger partial charge in [0.2, 0.25) is 0 Å². The van der Waals surface area contributed by atoms with Gasteiger partial charge in [0.25, 0.3) is 5.91 Å². The van der Waals surface area contributed by atoms with Crippen LogP contribution in [0.15, 0.2) is 70.9 Å². The summed E-state index contributed by atoms with van der Waals surface area (Å²) in [4.78, 5) is 12.3.